The Balaban J connectivity index is 2.10. The summed E-state index contributed by atoms with van der Waals surface area (Å²) in [4.78, 5) is 22.7. The Labute approximate surface area is 125 Å². The van der Waals surface area contributed by atoms with E-state index in [9.17, 15) is 9.59 Å². The van der Waals surface area contributed by atoms with Crippen molar-refractivity contribution >= 4 is 17.6 Å². The van der Waals surface area contributed by atoms with E-state index in [2.05, 4.69) is 11.9 Å². The van der Waals surface area contributed by atoms with E-state index >= 15 is 0 Å². The van der Waals surface area contributed by atoms with Gasteiger partial charge in [0, 0.05) is 24.2 Å². The molecule has 0 aliphatic carbocycles. The van der Waals surface area contributed by atoms with Crippen LogP contribution in [0.2, 0.25) is 0 Å². The molecule has 5 heteroatoms. The van der Waals surface area contributed by atoms with E-state index in [1.165, 1.54) is 0 Å². The normalized spacial score (nSPS) is 9.95. The average Bonchev–Trinajstić information content (AvgIpc) is 2.46. The minimum atomic E-state index is -0.386. The third kappa shape index (κ3) is 7.15. The van der Waals surface area contributed by atoms with E-state index < -0.39 is 0 Å². The zero-order valence-electron chi connectivity index (χ0n) is 12.4. The lowest BCUT2D eigenvalue weighted by atomic mass is 10.2. The van der Waals surface area contributed by atoms with Gasteiger partial charge in [-0.2, -0.15) is 0 Å². The highest BCUT2D eigenvalue weighted by Gasteiger charge is 2.04. The molecule has 0 saturated heterocycles. The second kappa shape index (κ2) is 8.79. The van der Waals surface area contributed by atoms with E-state index in [0.29, 0.717) is 43.7 Å². The molecule has 0 aliphatic heterocycles. The maximum Gasteiger partial charge on any atom is 0.333 e. The van der Waals surface area contributed by atoms with Gasteiger partial charge in [0.05, 0.1) is 6.61 Å². The van der Waals surface area contributed by atoms with Gasteiger partial charge in [0.1, 0.15) is 0 Å². The van der Waals surface area contributed by atoms with Crippen LogP contribution in [0.4, 0.5) is 5.69 Å². The fraction of sp³-hybridized carbons (Fsp3) is 0.375. The molecule has 0 bridgehead atoms. The molecule has 1 aromatic rings. The van der Waals surface area contributed by atoms with Crippen LogP contribution in [0.3, 0.4) is 0 Å². The maximum absolute atomic E-state index is 11.6. The maximum atomic E-state index is 11.6. The molecular weight excluding hydrogens is 268 g/mol. The van der Waals surface area contributed by atoms with Crippen molar-refractivity contribution in [2.24, 2.45) is 0 Å². The van der Waals surface area contributed by atoms with Crippen molar-refractivity contribution in [3.63, 3.8) is 0 Å². The first-order valence-electron chi connectivity index (χ1n) is 6.93. The van der Waals surface area contributed by atoms with Crippen LogP contribution in [0.5, 0.6) is 0 Å². The third-order valence-corrected chi connectivity index (χ3v) is 2.85. The number of esters is 1. The molecule has 0 aromatic heterocycles. The van der Waals surface area contributed by atoms with Crippen molar-refractivity contribution in [1.82, 2.24) is 5.32 Å². The van der Waals surface area contributed by atoms with Crippen molar-refractivity contribution in [2.75, 3.05) is 12.3 Å². The Kier molecular flexibility index (Phi) is 7.01. The Bertz CT molecular complexity index is 495. The Morgan fingerprint density at radius 1 is 1.24 bits per heavy atom. The van der Waals surface area contributed by atoms with Gasteiger partial charge in [-0.15, -0.1) is 0 Å². The first-order chi connectivity index (χ1) is 9.99. The molecule has 0 unspecified atom stereocenters. The SMILES string of the molecule is C=C(C)C(=O)OCCCCC(=O)NCc1ccc(N)cc1. The van der Waals surface area contributed by atoms with Crippen LogP contribution < -0.4 is 11.1 Å². The van der Waals surface area contributed by atoms with E-state index in [4.69, 9.17) is 10.5 Å². The summed E-state index contributed by atoms with van der Waals surface area (Å²) < 4.78 is 4.94. The number of unbranched alkanes of at least 4 members (excludes halogenated alkanes) is 1. The predicted octanol–water partition coefficient (Wildman–Crippen LogP) is 2.17. The molecule has 0 fully saturated rings. The van der Waals surface area contributed by atoms with Gasteiger partial charge in [0.2, 0.25) is 5.91 Å². The van der Waals surface area contributed by atoms with Gasteiger partial charge in [-0.3, -0.25) is 4.79 Å². The molecular formula is C16H22N2O3. The smallest absolute Gasteiger partial charge is 0.333 e. The lowest BCUT2D eigenvalue weighted by Gasteiger charge is -2.06. The molecule has 1 aromatic carbocycles. The number of carbonyl (C=O) groups is 2. The van der Waals surface area contributed by atoms with Gasteiger partial charge in [-0.05, 0) is 37.5 Å². The zero-order valence-corrected chi connectivity index (χ0v) is 12.4. The number of carbonyl (C=O) groups excluding carboxylic acids is 2. The molecule has 114 valence electrons. The van der Waals surface area contributed by atoms with E-state index in [-0.39, 0.29) is 11.9 Å². The summed E-state index contributed by atoms with van der Waals surface area (Å²) in [5.74, 6) is -0.402. The van der Waals surface area contributed by atoms with Gasteiger partial charge in [0.15, 0.2) is 0 Å². The first-order valence-corrected chi connectivity index (χ1v) is 6.93. The summed E-state index contributed by atoms with van der Waals surface area (Å²) in [5, 5.41) is 2.83. The predicted molar refractivity (Wildman–Crippen MR) is 82.3 cm³/mol. The highest BCUT2D eigenvalue weighted by Crippen LogP contribution is 2.05. The number of ether oxygens (including phenoxy) is 1. The van der Waals surface area contributed by atoms with E-state index in [1.54, 1.807) is 19.1 Å². The number of nitrogen functional groups attached to an aromatic ring is 1. The van der Waals surface area contributed by atoms with Crippen molar-refractivity contribution in [3.8, 4) is 0 Å². The summed E-state index contributed by atoms with van der Waals surface area (Å²) in [5.41, 5.74) is 7.68. The number of benzene rings is 1. The van der Waals surface area contributed by atoms with Crippen LogP contribution >= 0.6 is 0 Å². The van der Waals surface area contributed by atoms with Crippen LogP contribution in [0.1, 0.15) is 31.7 Å². The Morgan fingerprint density at radius 2 is 1.90 bits per heavy atom. The molecule has 0 saturated carbocycles. The lowest BCUT2D eigenvalue weighted by molar-refractivity contribution is -0.139. The molecule has 0 radical (unpaired) electrons. The monoisotopic (exact) mass is 290 g/mol. The second-order valence-corrected chi connectivity index (χ2v) is 4.89. The van der Waals surface area contributed by atoms with Crippen molar-refractivity contribution < 1.29 is 14.3 Å². The van der Waals surface area contributed by atoms with Crippen LogP contribution in [0, 0.1) is 0 Å². The highest BCUT2D eigenvalue weighted by atomic mass is 16.5. The molecule has 0 atom stereocenters. The summed E-state index contributed by atoms with van der Waals surface area (Å²) >= 11 is 0. The Morgan fingerprint density at radius 3 is 2.52 bits per heavy atom. The quantitative estimate of drug-likeness (QED) is 0.333. The fourth-order valence-corrected chi connectivity index (χ4v) is 1.60. The van der Waals surface area contributed by atoms with Gasteiger partial charge >= 0.3 is 5.97 Å². The minimum absolute atomic E-state index is 0.0157. The topological polar surface area (TPSA) is 81.4 Å². The van der Waals surface area contributed by atoms with E-state index in [0.717, 1.165) is 5.56 Å². The summed E-state index contributed by atoms with van der Waals surface area (Å²) in [6.45, 7) is 5.90. The first kappa shape index (κ1) is 16.8. The number of hydrogen-bond acceptors (Lipinski definition) is 4. The van der Waals surface area contributed by atoms with Gasteiger partial charge in [-0.1, -0.05) is 18.7 Å². The highest BCUT2D eigenvalue weighted by molar-refractivity contribution is 5.86. The number of hydrogen-bond donors (Lipinski definition) is 2. The number of nitrogens with one attached hydrogen (secondary N) is 1. The fourth-order valence-electron chi connectivity index (χ4n) is 1.60. The van der Waals surface area contributed by atoms with Crippen molar-refractivity contribution in [2.45, 2.75) is 32.7 Å². The van der Waals surface area contributed by atoms with Gasteiger partial charge in [-0.25, -0.2) is 4.79 Å². The molecule has 0 spiro atoms. The number of nitrogens with two attached hydrogens (primary N) is 1. The molecule has 1 amide bonds. The van der Waals surface area contributed by atoms with Crippen molar-refractivity contribution in [3.05, 3.63) is 42.0 Å². The summed E-state index contributed by atoms with van der Waals surface area (Å²) in [6, 6.07) is 7.37. The largest absolute Gasteiger partial charge is 0.462 e. The second-order valence-electron chi connectivity index (χ2n) is 4.89. The summed E-state index contributed by atoms with van der Waals surface area (Å²) in [6.07, 6.45) is 1.75. The molecule has 0 aliphatic rings. The number of rotatable bonds is 8. The zero-order chi connectivity index (χ0) is 15.7. The Hall–Kier alpha value is -2.30. The lowest BCUT2D eigenvalue weighted by Crippen LogP contribution is -2.22. The van der Waals surface area contributed by atoms with Crippen LogP contribution in [0.15, 0.2) is 36.4 Å². The standard InChI is InChI=1S/C16H22N2O3/c1-12(2)16(20)21-10-4-3-5-15(19)18-11-13-6-8-14(17)9-7-13/h6-9H,1,3-5,10-11,17H2,2H3,(H,18,19). The number of amides is 1. The molecule has 1 rings (SSSR count). The molecule has 21 heavy (non-hydrogen) atoms. The molecule has 0 heterocycles. The van der Waals surface area contributed by atoms with Gasteiger partial charge in [0.25, 0.3) is 0 Å². The van der Waals surface area contributed by atoms with Crippen molar-refractivity contribution in [1.29, 1.82) is 0 Å². The van der Waals surface area contributed by atoms with Crippen LogP contribution in [0.25, 0.3) is 0 Å². The number of anilines is 1. The van der Waals surface area contributed by atoms with Crippen LogP contribution in [-0.2, 0) is 20.9 Å². The van der Waals surface area contributed by atoms with E-state index in [1.807, 2.05) is 12.1 Å². The summed E-state index contributed by atoms with van der Waals surface area (Å²) in [7, 11) is 0. The van der Waals surface area contributed by atoms with Crippen LogP contribution in [-0.4, -0.2) is 18.5 Å². The molecule has 5 nitrogen and oxygen atoms in total. The average molecular weight is 290 g/mol. The molecule has 3 N–H and O–H groups in total. The minimum Gasteiger partial charge on any atom is -0.462 e. The van der Waals surface area contributed by atoms with Gasteiger partial charge < -0.3 is 15.8 Å². The third-order valence-electron chi connectivity index (χ3n) is 2.85.